The highest BCUT2D eigenvalue weighted by molar-refractivity contribution is 8.13. The van der Waals surface area contributed by atoms with E-state index in [1.54, 1.807) is 12.3 Å². The predicted molar refractivity (Wildman–Crippen MR) is 68.0 cm³/mol. The van der Waals surface area contributed by atoms with Crippen LogP contribution in [0.25, 0.3) is 11.0 Å². The van der Waals surface area contributed by atoms with Gasteiger partial charge in [-0.25, -0.2) is 0 Å². The van der Waals surface area contributed by atoms with E-state index in [4.69, 9.17) is 0 Å². The molecule has 0 aliphatic rings. The number of thioether (sulfide) groups is 1. The largest absolute Gasteiger partial charge is 0.389 e. The molecule has 18 heavy (non-hydrogen) atoms. The van der Waals surface area contributed by atoms with Crippen molar-refractivity contribution in [1.29, 1.82) is 0 Å². The van der Waals surface area contributed by atoms with Crippen LogP contribution in [0.5, 0.6) is 0 Å². The number of fused-ring (bicyclic) bond motifs is 1. The topological polar surface area (TPSA) is 99.1 Å². The molecule has 7 heteroatoms. The molecule has 0 bridgehead atoms. The normalized spacial score (nSPS) is 14.6. The molecule has 2 rings (SSSR count). The Morgan fingerprint density at radius 3 is 3.00 bits per heavy atom. The first kappa shape index (κ1) is 13.0. The summed E-state index contributed by atoms with van der Waals surface area (Å²) in [6.45, 7) is 1.42. The average Bonchev–Trinajstić information content (AvgIpc) is 2.81. The molecule has 0 radical (unpaired) electrons. The molecule has 0 aliphatic heterocycles. The van der Waals surface area contributed by atoms with Gasteiger partial charge in [0.1, 0.15) is 11.6 Å². The van der Waals surface area contributed by atoms with Crippen LogP contribution >= 0.6 is 11.8 Å². The number of carbonyl (C=O) groups excluding carboxylic acids is 1. The van der Waals surface area contributed by atoms with Crippen LogP contribution in [0.4, 0.5) is 0 Å². The predicted octanol–water partition coefficient (Wildman–Crippen LogP) is 0.632. The van der Waals surface area contributed by atoms with Crippen LogP contribution in [-0.4, -0.2) is 42.4 Å². The minimum absolute atomic E-state index is 0.0941. The number of aliphatic hydroxyl groups excluding tert-OH is 2. The van der Waals surface area contributed by atoms with E-state index in [-0.39, 0.29) is 10.9 Å². The highest BCUT2D eigenvalue weighted by atomic mass is 32.2. The summed E-state index contributed by atoms with van der Waals surface area (Å²) in [5.74, 6) is 0.150. The number of aromatic amines is 1. The Kier molecular flexibility index (Phi) is 3.95. The van der Waals surface area contributed by atoms with E-state index in [1.807, 2.05) is 0 Å². The lowest BCUT2D eigenvalue weighted by atomic mass is 10.1. The van der Waals surface area contributed by atoms with Crippen molar-refractivity contribution in [2.24, 2.45) is 0 Å². The zero-order valence-electron chi connectivity index (χ0n) is 9.70. The average molecular weight is 267 g/mol. The summed E-state index contributed by atoms with van der Waals surface area (Å²) >= 11 is 0.978. The summed E-state index contributed by atoms with van der Waals surface area (Å²) in [6, 6.07) is 1.68. The van der Waals surface area contributed by atoms with Crippen LogP contribution in [0.2, 0.25) is 0 Å². The van der Waals surface area contributed by atoms with Gasteiger partial charge in [0.15, 0.2) is 5.12 Å². The summed E-state index contributed by atoms with van der Waals surface area (Å²) in [5.41, 5.74) is 1.87. The molecular formula is C11H13N3O3S. The van der Waals surface area contributed by atoms with Crippen molar-refractivity contribution in [2.45, 2.75) is 19.1 Å². The van der Waals surface area contributed by atoms with E-state index in [1.165, 1.54) is 13.1 Å². The summed E-state index contributed by atoms with van der Waals surface area (Å²) < 4.78 is 0. The minimum Gasteiger partial charge on any atom is -0.389 e. The van der Waals surface area contributed by atoms with Crippen molar-refractivity contribution in [3.8, 4) is 0 Å². The summed E-state index contributed by atoms with van der Waals surface area (Å²) in [5, 5.41) is 26.2. The first-order valence-corrected chi connectivity index (χ1v) is 6.35. The van der Waals surface area contributed by atoms with Crippen LogP contribution in [0, 0.1) is 0 Å². The van der Waals surface area contributed by atoms with Crippen LogP contribution in [-0.2, 0) is 4.79 Å². The van der Waals surface area contributed by atoms with Crippen molar-refractivity contribution in [2.75, 3.05) is 5.75 Å². The number of rotatable bonds is 4. The number of hydrogen-bond donors (Lipinski definition) is 3. The van der Waals surface area contributed by atoms with Crippen molar-refractivity contribution in [1.82, 2.24) is 15.2 Å². The first-order chi connectivity index (χ1) is 8.58. The van der Waals surface area contributed by atoms with Crippen LogP contribution in [0.1, 0.15) is 18.6 Å². The number of hydrogen-bond acceptors (Lipinski definition) is 6. The third-order valence-corrected chi connectivity index (χ3v) is 3.39. The molecule has 3 N–H and O–H groups in total. The molecule has 0 saturated carbocycles. The second kappa shape index (κ2) is 5.47. The maximum absolute atomic E-state index is 10.8. The van der Waals surface area contributed by atoms with E-state index in [9.17, 15) is 15.0 Å². The quantitative estimate of drug-likeness (QED) is 0.751. The van der Waals surface area contributed by atoms with E-state index >= 15 is 0 Å². The molecule has 0 aliphatic carbocycles. The third kappa shape index (κ3) is 2.87. The Hall–Kier alpha value is -1.44. The lowest BCUT2D eigenvalue weighted by Crippen LogP contribution is -2.21. The van der Waals surface area contributed by atoms with E-state index in [2.05, 4.69) is 15.2 Å². The molecular weight excluding hydrogens is 254 g/mol. The fourth-order valence-corrected chi connectivity index (χ4v) is 2.11. The standard InChI is InChI=1S/C11H13N3O3S/c1-6(15)18-5-10(16)11(17)7-2-8-9(12-3-7)4-13-14-8/h2-4,10-11,16-17H,5H2,1H3,(H,13,14). The number of pyridine rings is 1. The Balaban J connectivity index is 2.11. The molecule has 0 aromatic carbocycles. The highest BCUT2D eigenvalue weighted by Crippen LogP contribution is 2.21. The van der Waals surface area contributed by atoms with Gasteiger partial charge in [-0.1, -0.05) is 11.8 Å². The maximum Gasteiger partial charge on any atom is 0.185 e. The van der Waals surface area contributed by atoms with Crippen molar-refractivity contribution in [3.05, 3.63) is 24.0 Å². The Labute approximate surface area is 107 Å². The number of H-pyrrole nitrogens is 1. The van der Waals surface area contributed by atoms with Crippen molar-refractivity contribution < 1.29 is 15.0 Å². The number of nitrogens with one attached hydrogen (secondary N) is 1. The Bertz CT molecular complexity index is 557. The minimum atomic E-state index is -1.07. The van der Waals surface area contributed by atoms with Crippen molar-refractivity contribution in [3.63, 3.8) is 0 Å². The monoisotopic (exact) mass is 267 g/mol. The number of aliphatic hydroxyl groups is 2. The SMILES string of the molecule is CC(=O)SCC(O)C(O)c1cnc2cn[nH]c2c1. The van der Waals surface area contributed by atoms with Gasteiger partial charge in [0.25, 0.3) is 0 Å². The molecule has 6 nitrogen and oxygen atoms in total. The second-order valence-electron chi connectivity index (χ2n) is 3.89. The number of aromatic nitrogens is 3. The smallest absolute Gasteiger partial charge is 0.185 e. The van der Waals surface area contributed by atoms with Crippen LogP contribution < -0.4 is 0 Å². The van der Waals surface area contributed by atoms with Gasteiger partial charge >= 0.3 is 0 Å². The molecule has 2 aromatic rings. The lowest BCUT2D eigenvalue weighted by Gasteiger charge is -2.16. The van der Waals surface area contributed by atoms with E-state index in [0.717, 1.165) is 11.8 Å². The molecule has 96 valence electrons. The van der Waals surface area contributed by atoms with Gasteiger partial charge in [0, 0.05) is 24.4 Å². The summed E-state index contributed by atoms with van der Waals surface area (Å²) in [6.07, 6.45) is 0.982. The van der Waals surface area contributed by atoms with Gasteiger partial charge in [0.2, 0.25) is 0 Å². The fourth-order valence-electron chi connectivity index (χ4n) is 1.52. The molecule has 2 unspecified atom stereocenters. The summed E-state index contributed by atoms with van der Waals surface area (Å²) in [4.78, 5) is 14.9. The molecule has 0 saturated heterocycles. The molecule has 2 heterocycles. The van der Waals surface area contributed by atoms with Crippen molar-refractivity contribution >= 4 is 27.9 Å². The maximum atomic E-state index is 10.8. The molecule has 0 spiro atoms. The van der Waals surface area contributed by atoms with Gasteiger partial charge in [-0.15, -0.1) is 0 Å². The van der Waals surface area contributed by atoms with Gasteiger partial charge in [-0.3, -0.25) is 14.9 Å². The van der Waals surface area contributed by atoms with Crippen LogP contribution in [0.3, 0.4) is 0 Å². The Morgan fingerprint density at radius 2 is 2.28 bits per heavy atom. The summed E-state index contributed by atoms with van der Waals surface area (Å²) in [7, 11) is 0. The zero-order chi connectivity index (χ0) is 13.1. The fraction of sp³-hybridized carbons (Fsp3) is 0.364. The lowest BCUT2D eigenvalue weighted by molar-refractivity contribution is -0.109. The third-order valence-electron chi connectivity index (χ3n) is 2.47. The second-order valence-corrected chi connectivity index (χ2v) is 5.08. The number of carbonyl (C=O) groups is 1. The molecule has 2 atom stereocenters. The zero-order valence-corrected chi connectivity index (χ0v) is 10.5. The number of nitrogens with zero attached hydrogens (tertiary/aromatic N) is 2. The van der Waals surface area contributed by atoms with Crippen LogP contribution in [0.15, 0.2) is 18.5 Å². The molecule has 0 fully saturated rings. The highest BCUT2D eigenvalue weighted by Gasteiger charge is 2.20. The Morgan fingerprint density at radius 1 is 1.50 bits per heavy atom. The van der Waals surface area contributed by atoms with E-state index < -0.39 is 12.2 Å². The van der Waals surface area contributed by atoms with Gasteiger partial charge in [-0.05, 0) is 6.07 Å². The first-order valence-electron chi connectivity index (χ1n) is 5.36. The molecule has 0 amide bonds. The van der Waals surface area contributed by atoms with Gasteiger partial charge in [-0.2, -0.15) is 5.10 Å². The van der Waals surface area contributed by atoms with Gasteiger partial charge in [0.05, 0.1) is 17.8 Å². The van der Waals surface area contributed by atoms with E-state index in [0.29, 0.717) is 16.6 Å². The van der Waals surface area contributed by atoms with Gasteiger partial charge < -0.3 is 10.2 Å². The molecule has 2 aromatic heterocycles.